The standard InChI is InChI=1S/2C26H26N2O.C11H15NO2.C9H13NO.C6H7NO4.C6H15N.ClH/c2*1-15-12-13-19-18(14-15)22-24-23(27-20-10-6-7-11-21(20)28-24)16-8-4-5-9-17(16)25(22)29-26(19,2)3;1-8-6-11(14-3)5-4-10(8)7-12-9(2)13;1-7-5-9(11-2)4-3-8(7)6-10;1-4(8)11-7-5(9)2-3-6(7)10;1-4-7(5-2)6-3;/h2*4-11,15,18-19H,12-14H2,1-3H3;4-6H,7H2,1-3H3,(H,12,13);3-5H,6,10H2,1-2H3;2-3H2,1H3;4-6H2,1-3H3;1H/t2*15-,18-,19-;;;;;/m00...../s1. The summed E-state index contributed by atoms with van der Waals surface area (Å²) in [6.07, 6.45) is 7.66. The highest BCUT2D eigenvalue weighted by Gasteiger charge is 2.49. The first-order valence-corrected chi connectivity index (χ1v) is 36.0. The fourth-order valence-corrected chi connectivity index (χ4v) is 15.4. The summed E-state index contributed by atoms with van der Waals surface area (Å²) in [5.41, 5.74) is 20.3. The van der Waals surface area contributed by atoms with Gasteiger partial charge in [0.25, 0.3) is 11.8 Å². The van der Waals surface area contributed by atoms with E-state index in [4.69, 9.17) is 44.6 Å². The molecule has 0 radical (unpaired) electrons. The zero-order chi connectivity index (χ0) is 72.4. The van der Waals surface area contributed by atoms with Crippen molar-refractivity contribution in [3.8, 4) is 23.0 Å². The third-order valence-electron chi connectivity index (χ3n) is 20.9. The third kappa shape index (κ3) is 17.2. The van der Waals surface area contributed by atoms with Crippen molar-refractivity contribution in [2.24, 2.45) is 29.4 Å². The van der Waals surface area contributed by atoms with Crippen LogP contribution in [0.25, 0.3) is 65.7 Å². The van der Waals surface area contributed by atoms with E-state index in [-0.39, 0.29) is 42.4 Å². The van der Waals surface area contributed by atoms with Crippen LogP contribution in [0.3, 0.4) is 0 Å². The number of carbonyl (C=O) groups is 4. The number of ether oxygens (including phenoxy) is 4. The topological polar surface area (TPSA) is 211 Å². The number of rotatable bonds is 9. The number of hydrogen-bond donors (Lipinski definition) is 2. The maximum Gasteiger partial charge on any atom is 0.330 e. The summed E-state index contributed by atoms with van der Waals surface area (Å²) in [6.45, 7) is 31.8. The van der Waals surface area contributed by atoms with Gasteiger partial charge in [-0.05, 0) is 181 Å². The van der Waals surface area contributed by atoms with Gasteiger partial charge in [-0.1, -0.05) is 132 Å². The molecule has 3 amide bonds. The molecule has 102 heavy (non-hydrogen) atoms. The van der Waals surface area contributed by atoms with Crippen LogP contribution >= 0.6 is 12.4 Å². The number of nitrogens with one attached hydrogen (secondary N) is 1. The van der Waals surface area contributed by atoms with Crippen molar-refractivity contribution < 1.29 is 43.0 Å². The van der Waals surface area contributed by atoms with Gasteiger partial charge in [-0.15, -0.1) is 17.5 Å². The van der Waals surface area contributed by atoms with Gasteiger partial charge in [-0.25, -0.2) is 24.7 Å². The molecule has 15 rings (SSSR count). The number of hydrogen-bond acceptors (Lipinski definition) is 15. The van der Waals surface area contributed by atoms with Gasteiger partial charge >= 0.3 is 5.97 Å². The summed E-state index contributed by atoms with van der Waals surface area (Å²) < 4.78 is 23.7. The quantitative estimate of drug-likeness (QED) is 0.0782. The van der Waals surface area contributed by atoms with Crippen molar-refractivity contribution >= 4 is 102 Å². The Morgan fingerprint density at radius 3 is 1.27 bits per heavy atom. The van der Waals surface area contributed by atoms with E-state index in [2.05, 4.69) is 150 Å². The van der Waals surface area contributed by atoms with E-state index in [1.165, 1.54) is 98.1 Å². The fourth-order valence-electron chi connectivity index (χ4n) is 15.4. The minimum absolute atomic E-state index is 0. The zero-order valence-corrected chi connectivity index (χ0v) is 63.0. The molecule has 0 spiro atoms. The summed E-state index contributed by atoms with van der Waals surface area (Å²) >= 11 is 0. The Morgan fingerprint density at radius 1 is 0.559 bits per heavy atom. The number of hydroxylamine groups is 2. The summed E-state index contributed by atoms with van der Waals surface area (Å²) in [6, 6.07) is 45.2. The largest absolute Gasteiger partial charge is 0.497 e. The Bertz CT molecular complexity index is 4430. The molecular formula is C84H103ClN8O9. The highest BCUT2D eigenvalue weighted by atomic mass is 35.5. The molecule has 2 saturated carbocycles. The number of fused-ring (bicyclic) bond motifs is 18. The van der Waals surface area contributed by atoms with Crippen LogP contribution in [0.1, 0.15) is 173 Å². The Hall–Kier alpha value is -9.03. The van der Waals surface area contributed by atoms with Gasteiger partial charge in [0.2, 0.25) is 5.91 Å². The number of methoxy groups -OCH3 is 2. The van der Waals surface area contributed by atoms with Crippen LogP contribution in [0.5, 0.6) is 23.0 Å². The molecule has 0 bridgehead atoms. The van der Waals surface area contributed by atoms with Gasteiger partial charge in [0.1, 0.15) is 34.2 Å². The van der Waals surface area contributed by atoms with Gasteiger partial charge < -0.3 is 39.7 Å². The first kappa shape index (κ1) is 77.1. The smallest absolute Gasteiger partial charge is 0.330 e. The molecule has 5 aliphatic rings. The minimum atomic E-state index is -0.659. The second-order valence-electron chi connectivity index (χ2n) is 28.6. The number of nitrogens with zero attached hydrogens (tertiary/aromatic N) is 6. The number of nitrogens with two attached hydrogens (primary N) is 1. The van der Waals surface area contributed by atoms with Gasteiger partial charge in [0, 0.05) is 84.3 Å². The molecule has 2 aliphatic carbocycles. The average molecular weight is 1400 g/mol. The highest BCUT2D eigenvalue weighted by Crippen LogP contribution is 2.58. The Labute approximate surface area is 607 Å². The number of amides is 3. The van der Waals surface area contributed by atoms with E-state index in [1.54, 1.807) is 14.2 Å². The van der Waals surface area contributed by atoms with Gasteiger partial charge in [-0.3, -0.25) is 14.4 Å². The first-order valence-electron chi connectivity index (χ1n) is 36.0. The second-order valence-corrected chi connectivity index (χ2v) is 28.6. The normalized spacial score (nSPS) is 19.5. The lowest BCUT2D eigenvalue weighted by molar-refractivity contribution is -0.195. The van der Waals surface area contributed by atoms with Crippen molar-refractivity contribution in [2.75, 3.05) is 33.9 Å². The lowest BCUT2D eigenvalue weighted by atomic mass is 9.64. The zero-order valence-electron chi connectivity index (χ0n) is 62.2. The number of imide groups is 1. The highest BCUT2D eigenvalue weighted by molar-refractivity contribution is 6.12. The molecule has 3 aliphatic heterocycles. The summed E-state index contributed by atoms with van der Waals surface area (Å²) in [4.78, 5) is 69.7. The molecular weight excluding hydrogens is 1300 g/mol. The molecule has 2 aromatic heterocycles. The number of halogens is 1. The van der Waals surface area contributed by atoms with Crippen molar-refractivity contribution in [1.29, 1.82) is 0 Å². The Balaban J connectivity index is 0.000000154. The van der Waals surface area contributed by atoms with Gasteiger partial charge in [0.15, 0.2) is 0 Å². The van der Waals surface area contributed by atoms with E-state index >= 15 is 0 Å². The number of aryl methyl sites for hydroxylation is 2. The number of aromatic nitrogens is 4. The van der Waals surface area contributed by atoms with E-state index in [0.717, 1.165) is 108 Å². The summed E-state index contributed by atoms with van der Waals surface area (Å²) in [5, 5.41) is 7.89. The van der Waals surface area contributed by atoms with Crippen LogP contribution in [0.2, 0.25) is 0 Å². The third-order valence-corrected chi connectivity index (χ3v) is 20.9. The SMILES string of the molecule is CC(=O)ON1C(=O)CCC1=O.CCN(CC)CC.COc1ccc(CN)c(C)c1.COc1ccc(CNC(C)=O)c(C)c1.C[C@H]1CC[C@H]2[C@H](C1)c1c(c3ccccc3c3nc4ccccc4nc13)OC2(C)C.C[C@H]1CC[C@H]2[C@H](C1)c1c(c3ccccc3c3nc4ccccc4nc13)OC2(C)C.Cl. The van der Waals surface area contributed by atoms with E-state index in [0.29, 0.717) is 41.8 Å². The maximum atomic E-state index is 10.7. The predicted molar refractivity (Wildman–Crippen MR) is 411 cm³/mol. The predicted octanol–water partition coefficient (Wildman–Crippen LogP) is 17.7. The number of carbonyl (C=O) groups excluding carboxylic acids is 4. The van der Waals surface area contributed by atoms with Gasteiger partial charge in [-0.2, -0.15) is 0 Å². The molecule has 540 valence electrons. The molecule has 1 saturated heterocycles. The van der Waals surface area contributed by atoms with Crippen LogP contribution in [0, 0.1) is 37.5 Å². The number of para-hydroxylation sites is 4. The van der Waals surface area contributed by atoms with Crippen LogP contribution in [-0.4, -0.2) is 98.6 Å². The van der Waals surface area contributed by atoms with Crippen molar-refractivity contribution in [3.63, 3.8) is 0 Å². The maximum absolute atomic E-state index is 10.7. The number of benzene rings is 8. The van der Waals surface area contributed by atoms with Crippen LogP contribution < -0.4 is 30.0 Å². The fraction of sp³-hybridized carbons (Fsp3) is 0.429. The van der Waals surface area contributed by atoms with Crippen molar-refractivity contribution in [1.82, 2.24) is 35.2 Å². The minimum Gasteiger partial charge on any atom is -0.497 e. The van der Waals surface area contributed by atoms with Crippen LogP contribution in [0.15, 0.2) is 133 Å². The molecule has 6 atom stereocenters. The Kier molecular flexibility index (Phi) is 25.6. The van der Waals surface area contributed by atoms with Gasteiger partial charge in [0.05, 0.1) is 58.4 Å². The van der Waals surface area contributed by atoms with Crippen LogP contribution in [-0.2, 0) is 37.1 Å². The second kappa shape index (κ2) is 33.8. The lowest BCUT2D eigenvalue weighted by Crippen LogP contribution is -2.46. The molecule has 10 aromatic rings. The average Bonchev–Trinajstić information content (AvgIpc) is 0.766. The van der Waals surface area contributed by atoms with E-state index in [1.807, 2.05) is 74.5 Å². The first-order chi connectivity index (χ1) is 48.4. The van der Waals surface area contributed by atoms with E-state index in [9.17, 15) is 19.2 Å². The summed E-state index contributed by atoms with van der Waals surface area (Å²) in [7, 11) is 3.30. The molecule has 3 fully saturated rings. The van der Waals surface area contributed by atoms with Crippen LogP contribution in [0.4, 0.5) is 0 Å². The molecule has 17 nitrogen and oxygen atoms in total. The van der Waals surface area contributed by atoms with E-state index < -0.39 is 17.8 Å². The molecule has 18 heteroatoms. The lowest BCUT2D eigenvalue weighted by Gasteiger charge is -2.49. The molecule has 3 N–H and O–H groups in total. The van der Waals surface area contributed by atoms with Crippen molar-refractivity contribution in [2.45, 2.75) is 178 Å². The molecule has 0 unspecified atom stereocenters. The molecule has 8 aromatic carbocycles. The monoisotopic (exact) mass is 1400 g/mol. The summed E-state index contributed by atoms with van der Waals surface area (Å²) in [5.74, 6) is 5.67. The Morgan fingerprint density at radius 2 is 0.931 bits per heavy atom. The van der Waals surface area contributed by atoms with Crippen molar-refractivity contribution in [3.05, 3.63) is 167 Å². The molecule has 5 heterocycles.